The van der Waals surface area contributed by atoms with Gasteiger partial charge in [0.15, 0.2) is 0 Å². The van der Waals surface area contributed by atoms with E-state index in [1.54, 1.807) is 29.0 Å². The third kappa shape index (κ3) is 4.52. The van der Waals surface area contributed by atoms with E-state index in [4.69, 9.17) is 0 Å². The molecule has 0 unspecified atom stereocenters. The highest BCUT2D eigenvalue weighted by Gasteiger charge is 2.12. The maximum absolute atomic E-state index is 13.0. The second-order valence-electron chi connectivity index (χ2n) is 7.08. The first-order valence-electron chi connectivity index (χ1n) is 9.55. The van der Waals surface area contributed by atoms with Crippen molar-refractivity contribution in [1.82, 2.24) is 19.9 Å². The van der Waals surface area contributed by atoms with E-state index in [0.29, 0.717) is 6.54 Å². The summed E-state index contributed by atoms with van der Waals surface area (Å²) in [6.07, 6.45) is 3.49. The molecule has 1 N–H and O–H groups in total. The Morgan fingerprint density at radius 1 is 1.10 bits per heavy atom. The molecule has 0 saturated carbocycles. The van der Waals surface area contributed by atoms with Crippen molar-refractivity contribution in [3.63, 3.8) is 0 Å². The minimum atomic E-state index is -0.291. The Labute approximate surface area is 178 Å². The van der Waals surface area contributed by atoms with Gasteiger partial charge in [-0.1, -0.05) is 36.0 Å². The van der Waals surface area contributed by atoms with E-state index < -0.39 is 0 Å². The fourth-order valence-electron chi connectivity index (χ4n) is 3.04. The summed E-state index contributed by atoms with van der Waals surface area (Å²) >= 11 is 1.37. The predicted molar refractivity (Wildman–Crippen MR) is 117 cm³/mol. The van der Waals surface area contributed by atoms with Gasteiger partial charge in [0.05, 0.1) is 17.0 Å². The molecule has 7 heteroatoms. The van der Waals surface area contributed by atoms with E-state index in [1.807, 2.05) is 6.07 Å². The third-order valence-electron chi connectivity index (χ3n) is 4.90. The summed E-state index contributed by atoms with van der Waals surface area (Å²) in [5, 5.41) is 8.25. The third-order valence-corrected chi connectivity index (χ3v) is 5.89. The van der Waals surface area contributed by atoms with Crippen LogP contribution in [0.3, 0.4) is 0 Å². The number of nitrogens with one attached hydrogen (secondary N) is 1. The fraction of sp³-hybridized carbons (Fsp3) is 0.174. The van der Waals surface area contributed by atoms with E-state index in [0.717, 1.165) is 27.4 Å². The highest BCUT2D eigenvalue weighted by molar-refractivity contribution is 8.00. The van der Waals surface area contributed by atoms with Crippen molar-refractivity contribution >= 4 is 23.2 Å². The smallest absolute Gasteiger partial charge is 0.230 e. The number of halogens is 1. The average molecular weight is 421 g/mol. The maximum atomic E-state index is 13.0. The molecule has 0 saturated heterocycles. The van der Waals surface area contributed by atoms with Gasteiger partial charge >= 0.3 is 0 Å². The zero-order valence-electron chi connectivity index (χ0n) is 16.7. The zero-order chi connectivity index (χ0) is 21.1. The van der Waals surface area contributed by atoms with Gasteiger partial charge in [0.2, 0.25) is 5.91 Å². The number of aryl methyl sites for hydroxylation is 2. The van der Waals surface area contributed by atoms with Crippen LogP contribution in [-0.4, -0.2) is 26.3 Å². The van der Waals surface area contributed by atoms with Crippen LogP contribution in [0.5, 0.6) is 0 Å². The lowest BCUT2D eigenvalue weighted by Gasteiger charge is -2.06. The first-order chi connectivity index (χ1) is 14.5. The summed E-state index contributed by atoms with van der Waals surface area (Å²) < 4.78 is 14.8. The van der Waals surface area contributed by atoms with Gasteiger partial charge in [-0.25, -0.2) is 13.9 Å². The van der Waals surface area contributed by atoms with Gasteiger partial charge in [-0.05, 0) is 54.8 Å². The molecular formula is C23H21FN4OS. The fourth-order valence-corrected chi connectivity index (χ4v) is 3.84. The normalized spacial score (nSPS) is 11.0. The molecule has 0 spiro atoms. The number of thioether (sulfide) groups is 1. The number of rotatable bonds is 6. The molecule has 1 amide bonds. The lowest BCUT2D eigenvalue weighted by atomic mass is 10.0. The first kappa shape index (κ1) is 20.1. The lowest BCUT2D eigenvalue weighted by molar-refractivity contribution is -0.118. The molecule has 5 nitrogen and oxygen atoms in total. The lowest BCUT2D eigenvalue weighted by Crippen LogP contribution is -2.24. The first-order valence-corrected chi connectivity index (χ1v) is 10.5. The van der Waals surface area contributed by atoms with Gasteiger partial charge in [-0.3, -0.25) is 4.79 Å². The number of carbonyl (C=O) groups excluding carboxylic acids is 1. The molecule has 2 heterocycles. The Morgan fingerprint density at radius 3 is 2.67 bits per heavy atom. The molecule has 152 valence electrons. The van der Waals surface area contributed by atoms with Crippen LogP contribution < -0.4 is 5.32 Å². The molecule has 0 atom stereocenters. The number of amides is 1. The Hall–Kier alpha value is -3.19. The summed E-state index contributed by atoms with van der Waals surface area (Å²) in [7, 11) is 0. The van der Waals surface area contributed by atoms with Crippen molar-refractivity contribution in [3.8, 4) is 11.3 Å². The quantitative estimate of drug-likeness (QED) is 0.465. The minimum absolute atomic E-state index is 0.109. The van der Waals surface area contributed by atoms with Gasteiger partial charge < -0.3 is 5.32 Å². The molecule has 0 aliphatic rings. The molecule has 30 heavy (non-hydrogen) atoms. The molecule has 0 aliphatic heterocycles. The van der Waals surface area contributed by atoms with Crippen molar-refractivity contribution < 1.29 is 9.18 Å². The van der Waals surface area contributed by atoms with E-state index in [1.165, 1.54) is 35.0 Å². The van der Waals surface area contributed by atoms with Crippen molar-refractivity contribution in [3.05, 3.63) is 83.4 Å². The van der Waals surface area contributed by atoms with Gasteiger partial charge in [0.1, 0.15) is 10.8 Å². The number of carbonyl (C=O) groups is 1. The Morgan fingerprint density at radius 2 is 1.90 bits per heavy atom. The number of aromatic nitrogens is 3. The van der Waals surface area contributed by atoms with Crippen molar-refractivity contribution in [2.24, 2.45) is 0 Å². The Kier molecular flexibility index (Phi) is 5.81. The van der Waals surface area contributed by atoms with Crippen LogP contribution in [0.15, 0.2) is 66.0 Å². The molecule has 0 radical (unpaired) electrons. The largest absolute Gasteiger partial charge is 0.351 e. The van der Waals surface area contributed by atoms with Crippen LogP contribution in [0.2, 0.25) is 0 Å². The number of benzene rings is 2. The minimum Gasteiger partial charge on any atom is -0.351 e. The summed E-state index contributed by atoms with van der Waals surface area (Å²) in [5.41, 5.74) is 6.09. The molecule has 4 aromatic rings. The summed E-state index contributed by atoms with van der Waals surface area (Å²) in [6.45, 7) is 4.53. The van der Waals surface area contributed by atoms with Crippen molar-refractivity contribution in [2.45, 2.75) is 25.4 Å². The van der Waals surface area contributed by atoms with Gasteiger partial charge in [-0.2, -0.15) is 5.10 Å². The van der Waals surface area contributed by atoms with E-state index in [2.05, 4.69) is 47.4 Å². The van der Waals surface area contributed by atoms with Crippen LogP contribution in [0, 0.1) is 19.7 Å². The van der Waals surface area contributed by atoms with Gasteiger partial charge in [-0.15, -0.1) is 0 Å². The second kappa shape index (κ2) is 8.67. The SMILES string of the molecule is Cc1ccc(-c2cc3c(SCC(=O)NCc4ccc(F)cc4)nccn3n2)cc1C. The average Bonchev–Trinajstić information content (AvgIpc) is 3.18. The molecular weight excluding hydrogens is 399 g/mol. The van der Waals surface area contributed by atoms with E-state index >= 15 is 0 Å². The molecule has 2 aromatic heterocycles. The standard InChI is InChI=1S/C23H21FN4OS/c1-15-3-6-18(11-16(15)2)20-12-21-23(25-9-10-28(21)27-20)30-14-22(29)26-13-17-4-7-19(24)8-5-17/h3-12H,13-14H2,1-2H3,(H,26,29). The molecule has 2 aromatic carbocycles. The Bertz CT molecular complexity index is 1200. The van der Waals surface area contributed by atoms with Crippen LogP contribution >= 0.6 is 11.8 Å². The van der Waals surface area contributed by atoms with Crippen LogP contribution in [0.25, 0.3) is 16.8 Å². The van der Waals surface area contributed by atoms with Crippen molar-refractivity contribution in [1.29, 1.82) is 0 Å². The highest BCUT2D eigenvalue weighted by atomic mass is 32.2. The van der Waals surface area contributed by atoms with Crippen LogP contribution in [0.4, 0.5) is 4.39 Å². The number of hydrogen-bond donors (Lipinski definition) is 1. The number of fused-ring (bicyclic) bond motifs is 1. The number of nitrogens with zero attached hydrogens (tertiary/aromatic N) is 3. The molecule has 0 fully saturated rings. The number of hydrogen-bond acceptors (Lipinski definition) is 4. The Balaban J connectivity index is 1.45. The van der Waals surface area contributed by atoms with E-state index in [-0.39, 0.29) is 17.5 Å². The van der Waals surface area contributed by atoms with Gasteiger partial charge in [0.25, 0.3) is 0 Å². The zero-order valence-corrected chi connectivity index (χ0v) is 17.5. The molecule has 4 rings (SSSR count). The monoisotopic (exact) mass is 420 g/mol. The summed E-state index contributed by atoms with van der Waals surface area (Å²) in [4.78, 5) is 16.7. The predicted octanol–water partition coefficient (Wildman–Crippen LogP) is 4.56. The van der Waals surface area contributed by atoms with Crippen molar-refractivity contribution in [2.75, 3.05) is 5.75 Å². The second-order valence-corrected chi connectivity index (χ2v) is 8.05. The summed E-state index contributed by atoms with van der Waals surface area (Å²) in [6, 6.07) is 14.4. The highest BCUT2D eigenvalue weighted by Crippen LogP contribution is 2.27. The molecule has 0 aliphatic carbocycles. The summed E-state index contributed by atoms with van der Waals surface area (Å²) in [5.74, 6) is -0.166. The van der Waals surface area contributed by atoms with Crippen LogP contribution in [0.1, 0.15) is 16.7 Å². The van der Waals surface area contributed by atoms with Crippen LogP contribution in [-0.2, 0) is 11.3 Å². The van der Waals surface area contributed by atoms with Gasteiger partial charge in [0, 0.05) is 24.5 Å². The molecule has 0 bridgehead atoms. The van der Waals surface area contributed by atoms with E-state index in [9.17, 15) is 9.18 Å². The topological polar surface area (TPSA) is 59.3 Å². The maximum Gasteiger partial charge on any atom is 0.230 e.